The Labute approximate surface area is 134 Å². The van der Waals surface area contributed by atoms with E-state index in [-0.39, 0.29) is 5.82 Å². The Morgan fingerprint density at radius 2 is 1.87 bits per heavy atom. The van der Waals surface area contributed by atoms with E-state index in [1.165, 1.54) is 12.1 Å². The van der Waals surface area contributed by atoms with E-state index in [4.69, 9.17) is 9.78 Å². The van der Waals surface area contributed by atoms with Crippen molar-refractivity contribution in [1.82, 2.24) is 15.0 Å². The first-order valence-corrected chi connectivity index (χ1v) is 7.69. The maximum absolute atomic E-state index is 13.9. The van der Waals surface area contributed by atoms with Gasteiger partial charge in [-0.2, -0.15) is 5.26 Å². The standard InChI is InChI=1S/C17H19FN4O/c1-13-8-16(23-20-13)12-22-6-4-21(5-7-22)11-15-9-14(10-19)2-3-17(15)18/h2-3,8-9H,4-7,11-12H2,1H3. The average Bonchev–Trinajstić information content (AvgIpc) is 2.96. The van der Waals surface area contributed by atoms with Gasteiger partial charge in [-0.15, -0.1) is 0 Å². The molecule has 2 heterocycles. The van der Waals surface area contributed by atoms with Crippen LogP contribution in [0.15, 0.2) is 28.8 Å². The number of hydrogen-bond donors (Lipinski definition) is 0. The van der Waals surface area contributed by atoms with Crippen LogP contribution < -0.4 is 0 Å². The first kappa shape index (κ1) is 15.7. The fraction of sp³-hybridized carbons (Fsp3) is 0.412. The second-order valence-corrected chi connectivity index (χ2v) is 5.90. The predicted molar refractivity (Wildman–Crippen MR) is 82.9 cm³/mol. The average molecular weight is 314 g/mol. The van der Waals surface area contributed by atoms with E-state index in [1.807, 2.05) is 13.0 Å². The zero-order valence-corrected chi connectivity index (χ0v) is 13.1. The molecule has 1 aromatic carbocycles. The Morgan fingerprint density at radius 3 is 2.48 bits per heavy atom. The number of piperazine rings is 1. The Bertz CT molecular complexity index is 714. The van der Waals surface area contributed by atoms with Gasteiger partial charge in [0.25, 0.3) is 0 Å². The zero-order valence-electron chi connectivity index (χ0n) is 13.1. The molecule has 2 aromatic rings. The number of aromatic nitrogens is 1. The van der Waals surface area contributed by atoms with E-state index in [2.05, 4.69) is 21.0 Å². The van der Waals surface area contributed by atoms with E-state index < -0.39 is 0 Å². The summed E-state index contributed by atoms with van der Waals surface area (Å²) in [6.07, 6.45) is 0. The first-order valence-electron chi connectivity index (χ1n) is 7.69. The van der Waals surface area contributed by atoms with Crippen LogP contribution in [0.2, 0.25) is 0 Å². The van der Waals surface area contributed by atoms with Crippen molar-refractivity contribution in [2.45, 2.75) is 20.0 Å². The number of hydrogen-bond acceptors (Lipinski definition) is 5. The molecule has 1 saturated heterocycles. The Hall–Kier alpha value is -2.23. The van der Waals surface area contributed by atoms with E-state index in [0.29, 0.717) is 17.7 Å². The summed E-state index contributed by atoms with van der Waals surface area (Å²) in [5.41, 5.74) is 1.98. The highest BCUT2D eigenvalue weighted by Gasteiger charge is 2.19. The number of benzene rings is 1. The number of rotatable bonds is 4. The van der Waals surface area contributed by atoms with Gasteiger partial charge in [0.1, 0.15) is 5.82 Å². The van der Waals surface area contributed by atoms with Crippen molar-refractivity contribution in [1.29, 1.82) is 5.26 Å². The molecule has 0 aliphatic carbocycles. The minimum absolute atomic E-state index is 0.247. The van der Waals surface area contributed by atoms with Crippen LogP contribution in [0.3, 0.4) is 0 Å². The molecule has 6 heteroatoms. The summed E-state index contributed by atoms with van der Waals surface area (Å²) in [4.78, 5) is 4.51. The van der Waals surface area contributed by atoms with Crippen molar-refractivity contribution in [2.24, 2.45) is 0 Å². The second kappa shape index (κ2) is 6.90. The van der Waals surface area contributed by atoms with E-state index in [0.717, 1.165) is 44.2 Å². The topological polar surface area (TPSA) is 56.3 Å². The quantitative estimate of drug-likeness (QED) is 0.867. The van der Waals surface area contributed by atoms with Crippen molar-refractivity contribution in [3.63, 3.8) is 0 Å². The molecule has 1 aliphatic heterocycles. The van der Waals surface area contributed by atoms with Gasteiger partial charge in [-0.1, -0.05) is 5.16 Å². The summed E-state index contributed by atoms with van der Waals surface area (Å²) in [6.45, 7) is 6.74. The number of nitrogens with zero attached hydrogens (tertiary/aromatic N) is 4. The molecule has 0 bridgehead atoms. The van der Waals surface area contributed by atoms with Crippen molar-refractivity contribution < 1.29 is 8.91 Å². The molecule has 0 unspecified atom stereocenters. The molecule has 5 nitrogen and oxygen atoms in total. The molecular formula is C17H19FN4O. The molecule has 0 saturated carbocycles. The van der Waals surface area contributed by atoms with E-state index >= 15 is 0 Å². The van der Waals surface area contributed by atoms with Crippen molar-refractivity contribution in [3.8, 4) is 6.07 Å². The van der Waals surface area contributed by atoms with E-state index in [9.17, 15) is 4.39 Å². The third-order valence-electron chi connectivity index (χ3n) is 4.09. The lowest BCUT2D eigenvalue weighted by atomic mass is 10.1. The van der Waals surface area contributed by atoms with Gasteiger partial charge >= 0.3 is 0 Å². The Kier molecular flexibility index (Phi) is 4.70. The number of aryl methyl sites for hydroxylation is 1. The highest BCUT2D eigenvalue weighted by Crippen LogP contribution is 2.15. The van der Waals surface area contributed by atoms with Crippen LogP contribution in [0.4, 0.5) is 4.39 Å². The third kappa shape index (κ3) is 3.95. The minimum Gasteiger partial charge on any atom is -0.360 e. The Morgan fingerprint density at radius 1 is 1.17 bits per heavy atom. The number of halogens is 1. The molecular weight excluding hydrogens is 295 g/mol. The van der Waals surface area contributed by atoms with Crippen LogP contribution in [0.5, 0.6) is 0 Å². The molecule has 1 fully saturated rings. The molecule has 0 N–H and O–H groups in total. The lowest BCUT2D eigenvalue weighted by Gasteiger charge is -2.34. The minimum atomic E-state index is -0.247. The van der Waals surface area contributed by atoms with Gasteiger partial charge in [-0.05, 0) is 25.1 Å². The molecule has 0 radical (unpaired) electrons. The summed E-state index contributed by atoms with van der Waals surface area (Å²) >= 11 is 0. The molecule has 0 spiro atoms. The molecule has 1 aromatic heterocycles. The smallest absolute Gasteiger partial charge is 0.150 e. The van der Waals surface area contributed by atoms with Crippen molar-refractivity contribution >= 4 is 0 Å². The monoisotopic (exact) mass is 314 g/mol. The van der Waals surface area contributed by atoms with Crippen molar-refractivity contribution in [2.75, 3.05) is 26.2 Å². The van der Waals surface area contributed by atoms with Gasteiger partial charge in [-0.25, -0.2) is 4.39 Å². The van der Waals surface area contributed by atoms with Gasteiger partial charge < -0.3 is 4.52 Å². The largest absolute Gasteiger partial charge is 0.360 e. The summed E-state index contributed by atoms with van der Waals surface area (Å²) in [6, 6.07) is 8.53. The molecule has 0 amide bonds. The third-order valence-corrected chi connectivity index (χ3v) is 4.09. The van der Waals surface area contributed by atoms with Gasteiger partial charge in [-0.3, -0.25) is 9.80 Å². The maximum atomic E-state index is 13.9. The van der Waals surface area contributed by atoms with Crippen LogP contribution in [0, 0.1) is 24.1 Å². The predicted octanol–water partition coefficient (Wildman–Crippen LogP) is 2.31. The lowest BCUT2D eigenvalue weighted by Crippen LogP contribution is -2.45. The second-order valence-electron chi connectivity index (χ2n) is 5.90. The highest BCUT2D eigenvalue weighted by molar-refractivity contribution is 5.33. The fourth-order valence-electron chi connectivity index (χ4n) is 2.82. The highest BCUT2D eigenvalue weighted by atomic mass is 19.1. The van der Waals surface area contributed by atoms with Gasteiger partial charge in [0, 0.05) is 44.4 Å². The molecule has 23 heavy (non-hydrogen) atoms. The van der Waals surface area contributed by atoms with Crippen LogP contribution >= 0.6 is 0 Å². The SMILES string of the molecule is Cc1cc(CN2CCN(Cc3cc(C#N)ccc3F)CC2)on1. The van der Waals surface area contributed by atoms with Crippen LogP contribution in [-0.4, -0.2) is 41.1 Å². The first-order chi connectivity index (χ1) is 11.1. The van der Waals surface area contributed by atoms with Crippen LogP contribution in [0.1, 0.15) is 22.6 Å². The normalized spacial score (nSPS) is 16.4. The van der Waals surface area contributed by atoms with Crippen LogP contribution in [0.25, 0.3) is 0 Å². The molecule has 3 rings (SSSR count). The molecule has 120 valence electrons. The number of nitriles is 1. The Balaban J connectivity index is 1.54. The van der Waals surface area contributed by atoms with Gasteiger partial charge in [0.15, 0.2) is 5.76 Å². The summed E-state index contributed by atoms with van der Waals surface area (Å²) in [5, 5.41) is 12.8. The summed E-state index contributed by atoms with van der Waals surface area (Å²) in [7, 11) is 0. The zero-order chi connectivity index (χ0) is 16.2. The summed E-state index contributed by atoms with van der Waals surface area (Å²) in [5.74, 6) is 0.632. The molecule has 1 aliphatic rings. The summed E-state index contributed by atoms with van der Waals surface area (Å²) < 4.78 is 19.1. The maximum Gasteiger partial charge on any atom is 0.150 e. The van der Waals surface area contributed by atoms with E-state index in [1.54, 1.807) is 6.07 Å². The van der Waals surface area contributed by atoms with Gasteiger partial charge in [0.2, 0.25) is 0 Å². The van der Waals surface area contributed by atoms with Gasteiger partial charge in [0.05, 0.1) is 23.9 Å². The molecule has 0 atom stereocenters. The lowest BCUT2D eigenvalue weighted by molar-refractivity contribution is 0.113. The van der Waals surface area contributed by atoms with Crippen molar-refractivity contribution in [3.05, 3.63) is 52.7 Å². The van der Waals surface area contributed by atoms with Crippen LogP contribution in [-0.2, 0) is 13.1 Å². The fourth-order valence-corrected chi connectivity index (χ4v) is 2.82.